The zero-order valence-corrected chi connectivity index (χ0v) is 19.9. The third kappa shape index (κ3) is 4.84. The molecule has 1 unspecified atom stereocenters. The van der Waals surface area contributed by atoms with Crippen molar-refractivity contribution in [2.24, 2.45) is 0 Å². The topological polar surface area (TPSA) is 102 Å². The smallest absolute Gasteiger partial charge is 0.408 e. The highest BCUT2D eigenvalue weighted by Crippen LogP contribution is 2.39. The van der Waals surface area contributed by atoms with Crippen molar-refractivity contribution in [3.63, 3.8) is 0 Å². The van der Waals surface area contributed by atoms with Crippen molar-refractivity contribution in [3.05, 3.63) is 75.7 Å². The number of alkyl halides is 3. The van der Waals surface area contributed by atoms with Crippen LogP contribution in [0.1, 0.15) is 28.8 Å². The lowest BCUT2D eigenvalue weighted by molar-refractivity contribution is -0.158. The Kier molecular flexibility index (Phi) is 7.14. The number of ether oxygens (including phenoxy) is 1. The van der Waals surface area contributed by atoms with Crippen LogP contribution in [0.5, 0.6) is 5.75 Å². The molecule has 4 aromatic rings. The standard InChI is InChI=1S/C25H25F3N4O4/c1-14-22(15(2)36-31-14)18-10-16-11-19(23(25(26,27)28)30-8-9-33)24(34)32(20(16)12-21(18)35-3)13-17-6-4-5-7-29-17/h4-7,10-12,23,30,33H,8-9,13H2,1-3H3. The number of rotatable bonds is 8. The van der Waals surface area contributed by atoms with Crippen molar-refractivity contribution in [2.45, 2.75) is 32.6 Å². The van der Waals surface area contributed by atoms with Gasteiger partial charge in [-0.3, -0.25) is 15.1 Å². The van der Waals surface area contributed by atoms with Crippen molar-refractivity contribution >= 4 is 10.9 Å². The molecule has 0 aliphatic rings. The van der Waals surface area contributed by atoms with Crippen LogP contribution in [0.2, 0.25) is 0 Å². The van der Waals surface area contributed by atoms with Crippen LogP contribution in [0.25, 0.3) is 22.0 Å². The van der Waals surface area contributed by atoms with E-state index < -0.39 is 29.9 Å². The normalized spacial score (nSPS) is 12.8. The van der Waals surface area contributed by atoms with Crippen molar-refractivity contribution in [3.8, 4) is 16.9 Å². The van der Waals surface area contributed by atoms with E-state index in [0.717, 1.165) is 0 Å². The SMILES string of the molecule is COc1cc2c(cc1-c1c(C)noc1C)cc(C(NCCO)C(F)(F)F)c(=O)n2Cc1ccccn1. The lowest BCUT2D eigenvalue weighted by atomic mass is 9.98. The highest BCUT2D eigenvalue weighted by molar-refractivity contribution is 5.90. The van der Waals surface area contributed by atoms with E-state index in [1.165, 1.54) is 17.7 Å². The number of halogens is 3. The highest BCUT2D eigenvalue weighted by Gasteiger charge is 2.42. The maximum absolute atomic E-state index is 14.0. The summed E-state index contributed by atoms with van der Waals surface area (Å²) in [6, 6.07) is 7.37. The van der Waals surface area contributed by atoms with Gasteiger partial charge in [0.25, 0.3) is 5.56 Å². The van der Waals surface area contributed by atoms with Crippen LogP contribution < -0.4 is 15.6 Å². The van der Waals surface area contributed by atoms with Gasteiger partial charge in [0, 0.05) is 29.9 Å². The second kappa shape index (κ2) is 10.1. The number of pyridine rings is 2. The molecule has 3 heterocycles. The fourth-order valence-corrected chi connectivity index (χ4v) is 4.29. The molecule has 190 valence electrons. The average Bonchev–Trinajstić information content (AvgIpc) is 3.18. The first-order valence-electron chi connectivity index (χ1n) is 11.1. The van der Waals surface area contributed by atoms with Gasteiger partial charge in [-0.1, -0.05) is 11.2 Å². The van der Waals surface area contributed by atoms with Gasteiger partial charge < -0.3 is 18.9 Å². The number of benzene rings is 1. The molecule has 1 aromatic carbocycles. The van der Waals surface area contributed by atoms with Crippen LogP contribution in [0, 0.1) is 13.8 Å². The molecular formula is C25H25F3N4O4. The highest BCUT2D eigenvalue weighted by atomic mass is 19.4. The van der Waals surface area contributed by atoms with Gasteiger partial charge in [-0.05, 0) is 43.5 Å². The minimum atomic E-state index is -4.78. The van der Waals surface area contributed by atoms with E-state index in [1.807, 2.05) is 0 Å². The van der Waals surface area contributed by atoms with E-state index in [2.05, 4.69) is 15.5 Å². The fourth-order valence-electron chi connectivity index (χ4n) is 4.29. The van der Waals surface area contributed by atoms with Gasteiger partial charge in [0.1, 0.15) is 17.6 Å². The summed E-state index contributed by atoms with van der Waals surface area (Å²) >= 11 is 0. The van der Waals surface area contributed by atoms with Crippen LogP contribution in [-0.4, -0.2) is 46.3 Å². The molecule has 0 fully saturated rings. The van der Waals surface area contributed by atoms with Gasteiger partial charge in [0.2, 0.25) is 0 Å². The molecule has 0 aliphatic heterocycles. The molecule has 0 aliphatic carbocycles. The van der Waals surface area contributed by atoms with Gasteiger partial charge in [0.15, 0.2) is 0 Å². The molecule has 8 nitrogen and oxygen atoms in total. The first kappa shape index (κ1) is 25.4. The Labute approximate surface area is 204 Å². The van der Waals surface area contributed by atoms with Gasteiger partial charge >= 0.3 is 6.18 Å². The number of hydrogen-bond acceptors (Lipinski definition) is 7. The number of aryl methyl sites for hydroxylation is 2. The molecule has 0 radical (unpaired) electrons. The van der Waals surface area contributed by atoms with Crippen molar-refractivity contribution in [1.29, 1.82) is 0 Å². The molecular weight excluding hydrogens is 477 g/mol. The summed E-state index contributed by atoms with van der Waals surface area (Å²) in [7, 11) is 1.47. The Morgan fingerprint density at radius 3 is 2.58 bits per heavy atom. The number of nitrogens with one attached hydrogen (secondary N) is 1. The minimum Gasteiger partial charge on any atom is -0.496 e. The molecule has 1 atom stereocenters. The summed E-state index contributed by atoms with van der Waals surface area (Å²) in [6.07, 6.45) is -3.23. The quantitative estimate of drug-likeness (QED) is 0.377. The molecule has 4 rings (SSSR count). The first-order chi connectivity index (χ1) is 17.2. The van der Waals surface area contributed by atoms with Gasteiger partial charge in [0.05, 0.1) is 42.7 Å². The summed E-state index contributed by atoms with van der Waals surface area (Å²) in [5.41, 5.74) is 1.38. The predicted molar refractivity (Wildman–Crippen MR) is 127 cm³/mol. The summed E-state index contributed by atoms with van der Waals surface area (Å²) in [4.78, 5) is 17.8. The number of fused-ring (bicyclic) bond motifs is 1. The van der Waals surface area contributed by atoms with Crippen LogP contribution in [0.15, 0.2) is 51.9 Å². The van der Waals surface area contributed by atoms with E-state index in [4.69, 9.17) is 14.4 Å². The minimum absolute atomic E-state index is 0.0532. The van der Waals surface area contributed by atoms with Crippen LogP contribution in [0.4, 0.5) is 13.2 Å². The molecule has 2 N–H and O–H groups in total. The molecule has 3 aromatic heterocycles. The Bertz CT molecular complexity index is 1410. The Hall–Kier alpha value is -3.70. The van der Waals surface area contributed by atoms with Gasteiger partial charge in [-0.2, -0.15) is 13.2 Å². The average molecular weight is 502 g/mol. The number of hydrogen-bond donors (Lipinski definition) is 2. The third-order valence-electron chi connectivity index (χ3n) is 5.89. The summed E-state index contributed by atoms with van der Waals surface area (Å²) < 4.78 is 54.3. The Balaban J connectivity index is 2.04. The van der Waals surface area contributed by atoms with Crippen LogP contribution in [-0.2, 0) is 6.54 Å². The molecule has 0 spiro atoms. The van der Waals surface area contributed by atoms with Crippen molar-refractivity contribution in [1.82, 2.24) is 20.0 Å². The molecule has 0 bridgehead atoms. The maximum atomic E-state index is 14.0. The first-order valence-corrected chi connectivity index (χ1v) is 11.1. The predicted octanol–water partition coefficient (Wildman–Crippen LogP) is 3.91. The second-order valence-corrected chi connectivity index (χ2v) is 8.27. The largest absolute Gasteiger partial charge is 0.496 e. The Morgan fingerprint density at radius 2 is 2.00 bits per heavy atom. The van der Waals surface area contributed by atoms with Crippen molar-refractivity contribution < 1.29 is 27.5 Å². The zero-order chi connectivity index (χ0) is 26.0. The molecule has 0 saturated carbocycles. The van der Waals surface area contributed by atoms with E-state index in [0.29, 0.717) is 44.9 Å². The summed E-state index contributed by atoms with van der Waals surface area (Å²) in [6.45, 7) is 2.57. The molecule has 0 saturated heterocycles. The Morgan fingerprint density at radius 1 is 1.22 bits per heavy atom. The number of aliphatic hydroxyl groups is 1. The lowest BCUT2D eigenvalue weighted by Gasteiger charge is -2.23. The van der Waals surface area contributed by atoms with E-state index >= 15 is 0 Å². The van der Waals surface area contributed by atoms with Gasteiger partial charge in [-0.15, -0.1) is 0 Å². The molecule has 36 heavy (non-hydrogen) atoms. The van der Waals surface area contributed by atoms with E-state index in [1.54, 1.807) is 50.4 Å². The number of aliphatic hydroxyl groups excluding tert-OH is 1. The molecule has 11 heteroatoms. The lowest BCUT2D eigenvalue weighted by Crippen LogP contribution is -2.40. The second-order valence-electron chi connectivity index (χ2n) is 8.27. The number of nitrogens with zero attached hydrogens (tertiary/aromatic N) is 3. The summed E-state index contributed by atoms with van der Waals surface area (Å²) in [5, 5.41) is 15.7. The zero-order valence-electron chi connectivity index (χ0n) is 19.9. The molecule has 0 amide bonds. The van der Waals surface area contributed by atoms with E-state index in [9.17, 15) is 18.0 Å². The maximum Gasteiger partial charge on any atom is 0.408 e. The van der Waals surface area contributed by atoms with Crippen LogP contribution in [0.3, 0.4) is 0 Å². The summed E-state index contributed by atoms with van der Waals surface area (Å²) in [5.74, 6) is 0.926. The monoisotopic (exact) mass is 502 g/mol. The fraction of sp³-hybridized carbons (Fsp3) is 0.320. The van der Waals surface area contributed by atoms with E-state index in [-0.39, 0.29) is 13.1 Å². The van der Waals surface area contributed by atoms with Gasteiger partial charge in [-0.25, -0.2) is 0 Å². The third-order valence-corrected chi connectivity index (χ3v) is 5.89. The van der Waals surface area contributed by atoms with Crippen molar-refractivity contribution in [2.75, 3.05) is 20.3 Å². The number of aromatic nitrogens is 3. The van der Waals surface area contributed by atoms with Crippen LogP contribution >= 0.6 is 0 Å². The number of methoxy groups -OCH3 is 1.